The SMILES string of the molecule is OCc1ccc(Oc2ccccc2)cc1O. The van der Waals surface area contributed by atoms with Gasteiger partial charge in [0.05, 0.1) is 6.61 Å². The van der Waals surface area contributed by atoms with E-state index in [9.17, 15) is 5.11 Å². The summed E-state index contributed by atoms with van der Waals surface area (Å²) < 4.78 is 5.52. The van der Waals surface area contributed by atoms with Gasteiger partial charge in [0.1, 0.15) is 17.2 Å². The zero-order valence-corrected chi connectivity index (χ0v) is 8.63. The molecule has 82 valence electrons. The molecular formula is C13H12O3. The van der Waals surface area contributed by atoms with Crippen molar-refractivity contribution in [1.29, 1.82) is 0 Å². The summed E-state index contributed by atoms with van der Waals surface area (Å²) >= 11 is 0. The third kappa shape index (κ3) is 2.32. The molecule has 3 nitrogen and oxygen atoms in total. The Morgan fingerprint density at radius 3 is 2.31 bits per heavy atom. The van der Waals surface area contributed by atoms with Crippen LogP contribution in [0.1, 0.15) is 5.56 Å². The molecule has 0 aromatic heterocycles. The predicted molar refractivity (Wildman–Crippen MR) is 60.5 cm³/mol. The zero-order chi connectivity index (χ0) is 11.4. The van der Waals surface area contributed by atoms with E-state index in [2.05, 4.69) is 0 Å². The summed E-state index contributed by atoms with van der Waals surface area (Å²) in [5.41, 5.74) is 0.486. The molecule has 2 rings (SSSR count). The van der Waals surface area contributed by atoms with Gasteiger partial charge < -0.3 is 14.9 Å². The van der Waals surface area contributed by atoms with Crippen LogP contribution < -0.4 is 4.74 Å². The third-order valence-electron chi connectivity index (χ3n) is 2.21. The monoisotopic (exact) mass is 216 g/mol. The Hall–Kier alpha value is -2.00. The summed E-state index contributed by atoms with van der Waals surface area (Å²) in [6, 6.07) is 14.1. The molecule has 0 saturated heterocycles. The lowest BCUT2D eigenvalue weighted by molar-refractivity contribution is 0.275. The number of aliphatic hydroxyl groups is 1. The lowest BCUT2D eigenvalue weighted by Gasteiger charge is -2.07. The first-order chi connectivity index (χ1) is 7.79. The highest BCUT2D eigenvalue weighted by molar-refractivity contribution is 5.41. The molecule has 0 aliphatic carbocycles. The number of benzene rings is 2. The first-order valence-corrected chi connectivity index (χ1v) is 4.95. The zero-order valence-electron chi connectivity index (χ0n) is 8.63. The van der Waals surface area contributed by atoms with Crippen molar-refractivity contribution >= 4 is 0 Å². The van der Waals surface area contributed by atoms with Crippen LogP contribution in [-0.2, 0) is 6.61 Å². The molecule has 0 heterocycles. The van der Waals surface area contributed by atoms with Gasteiger partial charge in [-0.15, -0.1) is 0 Å². The van der Waals surface area contributed by atoms with Crippen LogP contribution in [0.25, 0.3) is 0 Å². The third-order valence-corrected chi connectivity index (χ3v) is 2.21. The van der Waals surface area contributed by atoms with Crippen molar-refractivity contribution in [2.24, 2.45) is 0 Å². The van der Waals surface area contributed by atoms with Gasteiger partial charge in [0, 0.05) is 11.6 Å². The summed E-state index contributed by atoms with van der Waals surface area (Å²) in [5.74, 6) is 1.29. The van der Waals surface area contributed by atoms with Crippen molar-refractivity contribution in [3.8, 4) is 17.2 Å². The van der Waals surface area contributed by atoms with E-state index >= 15 is 0 Å². The van der Waals surface area contributed by atoms with Gasteiger partial charge in [0.2, 0.25) is 0 Å². The highest BCUT2D eigenvalue weighted by Gasteiger charge is 2.02. The Kier molecular flexibility index (Phi) is 3.08. The normalized spacial score (nSPS) is 10.1. The largest absolute Gasteiger partial charge is 0.507 e. The van der Waals surface area contributed by atoms with Crippen LogP contribution in [0.3, 0.4) is 0 Å². The molecule has 0 spiro atoms. The first kappa shape index (κ1) is 10.5. The Balaban J connectivity index is 2.20. The smallest absolute Gasteiger partial charge is 0.131 e. The number of para-hydroxylation sites is 1. The number of aromatic hydroxyl groups is 1. The topological polar surface area (TPSA) is 49.7 Å². The van der Waals surface area contributed by atoms with E-state index in [4.69, 9.17) is 9.84 Å². The van der Waals surface area contributed by atoms with E-state index in [1.807, 2.05) is 30.3 Å². The molecule has 0 aliphatic heterocycles. The molecule has 0 unspecified atom stereocenters. The Morgan fingerprint density at radius 1 is 0.938 bits per heavy atom. The Bertz CT molecular complexity index is 466. The number of aliphatic hydroxyl groups excluding tert-OH is 1. The van der Waals surface area contributed by atoms with Gasteiger partial charge in [-0.05, 0) is 24.3 Å². The van der Waals surface area contributed by atoms with E-state index in [1.54, 1.807) is 12.1 Å². The molecular weight excluding hydrogens is 204 g/mol. The van der Waals surface area contributed by atoms with Crippen LogP contribution in [-0.4, -0.2) is 10.2 Å². The van der Waals surface area contributed by atoms with Gasteiger partial charge in [-0.2, -0.15) is 0 Å². The molecule has 0 radical (unpaired) electrons. The maximum absolute atomic E-state index is 9.53. The van der Waals surface area contributed by atoms with Gasteiger partial charge in [-0.1, -0.05) is 18.2 Å². The van der Waals surface area contributed by atoms with Crippen LogP contribution in [0.2, 0.25) is 0 Å². The molecule has 0 amide bonds. The second-order valence-corrected chi connectivity index (χ2v) is 3.36. The van der Waals surface area contributed by atoms with Crippen molar-refractivity contribution in [1.82, 2.24) is 0 Å². The van der Waals surface area contributed by atoms with Crippen molar-refractivity contribution in [3.05, 3.63) is 54.1 Å². The fourth-order valence-electron chi connectivity index (χ4n) is 1.37. The second-order valence-electron chi connectivity index (χ2n) is 3.36. The lowest BCUT2D eigenvalue weighted by Crippen LogP contribution is -1.87. The van der Waals surface area contributed by atoms with Crippen molar-refractivity contribution in [2.75, 3.05) is 0 Å². The van der Waals surface area contributed by atoms with Crippen LogP contribution in [0.15, 0.2) is 48.5 Å². The minimum Gasteiger partial charge on any atom is -0.507 e. The molecule has 0 atom stereocenters. The summed E-state index contributed by atoms with van der Waals surface area (Å²) in [7, 11) is 0. The van der Waals surface area contributed by atoms with Gasteiger partial charge in [-0.3, -0.25) is 0 Å². The average Bonchev–Trinajstić information content (AvgIpc) is 2.31. The van der Waals surface area contributed by atoms with E-state index in [0.717, 1.165) is 0 Å². The van der Waals surface area contributed by atoms with E-state index in [0.29, 0.717) is 17.1 Å². The van der Waals surface area contributed by atoms with E-state index in [1.165, 1.54) is 6.07 Å². The highest BCUT2D eigenvalue weighted by Crippen LogP contribution is 2.27. The molecule has 2 aromatic rings. The summed E-state index contributed by atoms with van der Waals surface area (Å²) in [5, 5.41) is 18.4. The number of ether oxygens (including phenoxy) is 1. The standard InChI is InChI=1S/C13H12O3/c14-9-10-6-7-12(8-13(10)15)16-11-4-2-1-3-5-11/h1-8,14-15H,9H2. The lowest BCUT2D eigenvalue weighted by atomic mass is 10.2. The van der Waals surface area contributed by atoms with Crippen molar-refractivity contribution in [3.63, 3.8) is 0 Å². The number of hydrogen-bond acceptors (Lipinski definition) is 3. The molecule has 0 saturated carbocycles. The maximum Gasteiger partial charge on any atom is 0.131 e. The summed E-state index contributed by atoms with van der Waals surface area (Å²) in [6.45, 7) is -0.183. The van der Waals surface area contributed by atoms with Crippen LogP contribution in [0.5, 0.6) is 17.2 Å². The molecule has 2 N–H and O–H groups in total. The molecule has 0 bridgehead atoms. The number of phenols is 1. The number of rotatable bonds is 3. The Morgan fingerprint density at radius 2 is 1.69 bits per heavy atom. The molecule has 2 aromatic carbocycles. The average molecular weight is 216 g/mol. The van der Waals surface area contributed by atoms with Gasteiger partial charge in [0.15, 0.2) is 0 Å². The van der Waals surface area contributed by atoms with Crippen LogP contribution in [0.4, 0.5) is 0 Å². The fraction of sp³-hybridized carbons (Fsp3) is 0.0769. The Labute approximate surface area is 93.6 Å². The first-order valence-electron chi connectivity index (χ1n) is 4.95. The maximum atomic E-state index is 9.53. The summed E-state index contributed by atoms with van der Waals surface area (Å²) in [4.78, 5) is 0. The van der Waals surface area contributed by atoms with Crippen LogP contribution in [0, 0.1) is 0 Å². The molecule has 3 heteroatoms. The van der Waals surface area contributed by atoms with Gasteiger partial charge in [0.25, 0.3) is 0 Å². The quantitative estimate of drug-likeness (QED) is 0.829. The predicted octanol–water partition coefficient (Wildman–Crippen LogP) is 2.68. The molecule has 0 aliphatic rings. The van der Waals surface area contributed by atoms with E-state index < -0.39 is 0 Å². The van der Waals surface area contributed by atoms with Crippen molar-refractivity contribution in [2.45, 2.75) is 6.61 Å². The van der Waals surface area contributed by atoms with Crippen LogP contribution >= 0.6 is 0 Å². The van der Waals surface area contributed by atoms with Gasteiger partial charge in [-0.25, -0.2) is 0 Å². The molecule has 0 fully saturated rings. The molecule has 16 heavy (non-hydrogen) atoms. The second kappa shape index (κ2) is 4.68. The van der Waals surface area contributed by atoms with Gasteiger partial charge >= 0.3 is 0 Å². The minimum absolute atomic E-state index is 0.0379. The van der Waals surface area contributed by atoms with E-state index in [-0.39, 0.29) is 12.4 Å². The fourth-order valence-corrected chi connectivity index (χ4v) is 1.37. The highest BCUT2D eigenvalue weighted by atomic mass is 16.5. The van der Waals surface area contributed by atoms with Crippen molar-refractivity contribution < 1.29 is 14.9 Å². The summed E-state index contributed by atoms with van der Waals surface area (Å²) in [6.07, 6.45) is 0. The minimum atomic E-state index is -0.183. The number of hydrogen-bond donors (Lipinski definition) is 2.